The van der Waals surface area contributed by atoms with Crippen LogP contribution in [-0.2, 0) is 4.79 Å². The number of benzene rings is 1. The van der Waals surface area contributed by atoms with Crippen molar-refractivity contribution in [3.8, 4) is 0 Å². The Morgan fingerprint density at radius 1 is 0.828 bits per heavy atom. The van der Waals surface area contributed by atoms with E-state index in [0.29, 0.717) is 12.3 Å². The van der Waals surface area contributed by atoms with Gasteiger partial charge < -0.3 is 0 Å². The van der Waals surface area contributed by atoms with Gasteiger partial charge in [0.25, 0.3) is 0 Å². The molecule has 0 N–H and O–H groups in total. The van der Waals surface area contributed by atoms with Gasteiger partial charge in [0.2, 0.25) is 0 Å². The van der Waals surface area contributed by atoms with E-state index in [-0.39, 0.29) is 0 Å². The molecule has 1 aromatic rings. The monoisotopic (exact) mass is 506 g/mol. The van der Waals surface area contributed by atoms with Crippen molar-refractivity contribution in [2.45, 2.75) is 112 Å². The number of hydrogen-bond acceptors (Lipinski definition) is 1. The molecule has 0 bridgehead atoms. The molecule has 0 saturated heterocycles. The zero-order valence-corrected chi connectivity index (χ0v) is 22.8. The molecule has 1 rings (SSSR count). The number of unbranched alkanes of at least 4 members (excludes halogenated alkanes) is 5. The van der Waals surface area contributed by atoms with Gasteiger partial charge >= 0.3 is 186 Å². The first-order valence-corrected chi connectivity index (χ1v) is 19.8. The second kappa shape index (κ2) is 15.3. The normalized spacial score (nSPS) is 12.6. The van der Waals surface area contributed by atoms with Gasteiger partial charge in [-0.3, -0.25) is 0 Å². The maximum absolute atomic E-state index is 10.8. The Balaban J connectivity index is 3.39. The van der Waals surface area contributed by atoms with Crippen LogP contribution in [0.15, 0.2) is 30.3 Å². The van der Waals surface area contributed by atoms with Gasteiger partial charge in [-0.25, -0.2) is 0 Å². The number of carbonyl (C=O) groups excluding carboxylic acids is 1. The average molecular weight is 505 g/mol. The molecular formula is C27H46OSn. The van der Waals surface area contributed by atoms with Gasteiger partial charge in [0, 0.05) is 0 Å². The van der Waals surface area contributed by atoms with Gasteiger partial charge in [-0.2, -0.15) is 0 Å². The Morgan fingerprint density at radius 2 is 1.34 bits per heavy atom. The Hall–Kier alpha value is -0.571. The van der Waals surface area contributed by atoms with Crippen LogP contribution in [0, 0.1) is 0 Å². The molecule has 0 aromatic heterocycles. The van der Waals surface area contributed by atoms with Crippen LogP contribution < -0.4 is 0 Å². The van der Waals surface area contributed by atoms with Gasteiger partial charge in [-0.1, -0.05) is 0 Å². The molecular weight excluding hydrogens is 459 g/mol. The van der Waals surface area contributed by atoms with E-state index in [1.165, 1.54) is 63.0 Å². The molecule has 0 unspecified atom stereocenters. The molecule has 0 amide bonds. The fourth-order valence-electron chi connectivity index (χ4n) is 4.46. The zero-order valence-electron chi connectivity index (χ0n) is 19.9. The predicted molar refractivity (Wildman–Crippen MR) is 133 cm³/mol. The summed E-state index contributed by atoms with van der Waals surface area (Å²) in [5.41, 5.74) is 2.94. The minimum atomic E-state index is -2.50. The quantitative estimate of drug-likeness (QED) is 0.125. The first-order valence-electron chi connectivity index (χ1n) is 12.3. The number of allylic oxidation sites excluding steroid dienone is 1. The molecule has 29 heavy (non-hydrogen) atoms. The van der Waals surface area contributed by atoms with Crippen molar-refractivity contribution in [2.24, 2.45) is 0 Å². The summed E-state index contributed by atoms with van der Waals surface area (Å²) in [6.45, 7) is 11.6. The second-order valence-corrected chi connectivity index (χ2v) is 22.2. The molecule has 0 fully saturated rings. The van der Waals surface area contributed by atoms with Crippen LogP contribution in [0.4, 0.5) is 0 Å². The Labute approximate surface area is 185 Å². The summed E-state index contributed by atoms with van der Waals surface area (Å²) in [6, 6.07) is 9.54. The summed E-state index contributed by atoms with van der Waals surface area (Å²) in [4.78, 5) is 10.8. The summed E-state index contributed by atoms with van der Waals surface area (Å²) in [7, 11) is 0. The second-order valence-electron chi connectivity index (χ2n) is 9.08. The Morgan fingerprint density at radius 3 is 1.76 bits per heavy atom. The van der Waals surface area contributed by atoms with Crippen molar-refractivity contribution in [1.29, 1.82) is 0 Å². The van der Waals surface area contributed by atoms with Crippen molar-refractivity contribution in [3.05, 3.63) is 41.5 Å². The molecule has 1 aromatic carbocycles. The minimum absolute atomic E-state index is 0.581. The van der Waals surface area contributed by atoms with Gasteiger partial charge in [0.15, 0.2) is 0 Å². The van der Waals surface area contributed by atoms with Gasteiger partial charge in [-0.05, 0) is 0 Å². The average Bonchev–Trinajstić information content (AvgIpc) is 2.74. The topological polar surface area (TPSA) is 17.1 Å². The molecule has 0 spiro atoms. The van der Waals surface area contributed by atoms with Crippen LogP contribution in [0.2, 0.25) is 13.3 Å². The summed E-state index contributed by atoms with van der Waals surface area (Å²) in [5.74, 6) is 0.581. The van der Waals surface area contributed by atoms with E-state index < -0.39 is 18.4 Å². The summed E-state index contributed by atoms with van der Waals surface area (Å²) >= 11 is -2.50. The van der Waals surface area contributed by atoms with Crippen molar-refractivity contribution in [3.63, 3.8) is 0 Å². The van der Waals surface area contributed by atoms with E-state index >= 15 is 0 Å². The molecule has 164 valence electrons. The van der Waals surface area contributed by atoms with Crippen LogP contribution in [0.3, 0.4) is 0 Å². The predicted octanol–water partition coefficient (Wildman–Crippen LogP) is 8.95. The van der Waals surface area contributed by atoms with Crippen LogP contribution in [0.1, 0.15) is 109 Å². The van der Waals surface area contributed by atoms with Crippen molar-refractivity contribution in [2.75, 3.05) is 0 Å². The first kappa shape index (κ1) is 26.5. The van der Waals surface area contributed by atoms with Crippen LogP contribution in [0.5, 0.6) is 0 Å². The van der Waals surface area contributed by atoms with E-state index in [1.807, 2.05) is 0 Å². The third-order valence-electron chi connectivity index (χ3n) is 6.36. The molecule has 1 nitrogen and oxygen atoms in total. The van der Waals surface area contributed by atoms with E-state index in [9.17, 15) is 4.79 Å². The van der Waals surface area contributed by atoms with E-state index in [4.69, 9.17) is 0 Å². The summed E-state index contributed by atoms with van der Waals surface area (Å²) in [6.07, 6.45) is 14.5. The fraction of sp³-hybridized carbons (Fsp3) is 0.667. The number of hydrogen-bond donors (Lipinski definition) is 0. The van der Waals surface area contributed by atoms with Gasteiger partial charge in [0.05, 0.1) is 0 Å². The molecule has 0 saturated carbocycles. The Bertz CT molecular complexity index is 563. The van der Waals surface area contributed by atoms with E-state index in [1.54, 1.807) is 3.59 Å². The third-order valence-corrected chi connectivity index (χ3v) is 22.3. The van der Waals surface area contributed by atoms with Crippen LogP contribution >= 0.6 is 0 Å². The SMILES string of the molecule is CCC[CH2][Sn]([CH2]CCC)([CH2]CCC)/[C](=C/CCCC=O)c1ccc(C(C)C)cc1. The van der Waals surface area contributed by atoms with Crippen LogP contribution in [-0.4, -0.2) is 24.7 Å². The first-order chi connectivity index (χ1) is 14.0. The molecule has 0 aliphatic carbocycles. The van der Waals surface area contributed by atoms with Gasteiger partial charge in [-0.15, -0.1) is 0 Å². The van der Waals surface area contributed by atoms with Crippen molar-refractivity contribution >= 4 is 28.3 Å². The number of carbonyl (C=O) groups is 1. The zero-order chi connectivity index (χ0) is 21.5. The van der Waals surface area contributed by atoms with E-state index in [0.717, 1.165) is 19.1 Å². The molecule has 0 radical (unpaired) electrons. The molecule has 0 atom stereocenters. The number of rotatable bonds is 16. The Kier molecular flexibility index (Phi) is 13.9. The standard InChI is InChI=1S/C15H19O.3C4H9.Sn/c1-13(2)15-10-8-14(9-11-15)7-5-3-4-6-12-16;3*1-3-4-2;/h5,8-13H,3-4,6H2,1-2H3;3*1,3-4H2,2H3;. The summed E-state index contributed by atoms with van der Waals surface area (Å²) in [5, 5.41) is 0. The van der Waals surface area contributed by atoms with Crippen molar-refractivity contribution < 1.29 is 4.79 Å². The molecule has 0 aliphatic rings. The molecule has 2 heteroatoms. The van der Waals surface area contributed by atoms with Gasteiger partial charge in [0.1, 0.15) is 0 Å². The summed E-state index contributed by atoms with van der Waals surface area (Å²) < 4.78 is 6.26. The third kappa shape index (κ3) is 8.99. The fourth-order valence-corrected chi connectivity index (χ4v) is 21.6. The van der Waals surface area contributed by atoms with E-state index in [2.05, 4.69) is 65.0 Å². The van der Waals surface area contributed by atoms with Crippen molar-refractivity contribution in [1.82, 2.24) is 0 Å². The number of aldehydes is 1. The molecule has 0 heterocycles. The molecule has 0 aliphatic heterocycles. The maximum atomic E-state index is 10.8. The van der Waals surface area contributed by atoms with Crippen LogP contribution in [0.25, 0.3) is 3.59 Å².